The number of anilines is 1. The van der Waals surface area contributed by atoms with E-state index >= 15 is 0 Å². The second-order valence-corrected chi connectivity index (χ2v) is 5.31. The molecular weight excluding hydrogens is 252 g/mol. The fraction of sp³-hybridized carbons (Fsp3) is 0.312. The van der Waals surface area contributed by atoms with Gasteiger partial charge in [0.1, 0.15) is 0 Å². The molecule has 2 aliphatic rings. The lowest BCUT2D eigenvalue weighted by Gasteiger charge is -2.36. The van der Waals surface area contributed by atoms with Crippen LogP contribution >= 0.6 is 0 Å². The number of nitrogens with zero attached hydrogens (tertiary/aromatic N) is 2. The van der Waals surface area contributed by atoms with Crippen molar-refractivity contribution in [3.63, 3.8) is 0 Å². The predicted octanol–water partition coefficient (Wildman–Crippen LogP) is 3.64. The third-order valence-corrected chi connectivity index (χ3v) is 4.07. The third-order valence-electron chi connectivity index (χ3n) is 4.07. The highest BCUT2D eigenvalue weighted by molar-refractivity contribution is 5.65. The lowest BCUT2D eigenvalue weighted by Crippen LogP contribution is -2.38. The molecule has 1 aromatic carbocycles. The van der Waals surface area contributed by atoms with Gasteiger partial charge >= 0.3 is 0 Å². The van der Waals surface area contributed by atoms with Crippen molar-refractivity contribution in [2.24, 2.45) is 5.92 Å². The number of aromatic nitrogens is 1. The molecule has 102 valence electrons. The number of hydrogen-bond donors (Lipinski definition) is 0. The predicted molar refractivity (Wildman–Crippen MR) is 75.6 cm³/mol. The van der Waals surface area contributed by atoms with Crippen LogP contribution in [0.4, 0.5) is 5.69 Å². The van der Waals surface area contributed by atoms with Gasteiger partial charge in [-0.2, -0.15) is 0 Å². The molecule has 0 spiro atoms. The van der Waals surface area contributed by atoms with Crippen LogP contribution < -0.4 is 4.90 Å². The minimum atomic E-state index is 0.0752. The molecule has 2 heterocycles. The maximum absolute atomic E-state index is 6.13. The monoisotopic (exact) mass is 268 g/mol. The van der Waals surface area contributed by atoms with E-state index < -0.39 is 0 Å². The van der Waals surface area contributed by atoms with Gasteiger partial charge in [-0.3, -0.25) is 0 Å². The summed E-state index contributed by atoms with van der Waals surface area (Å²) in [7, 11) is 0. The normalized spacial score (nSPS) is 22.3. The van der Waals surface area contributed by atoms with Crippen LogP contribution in [-0.2, 0) is 4.74 Å². The first kappa shape index (κ1) is 11.6. The second-order valence-electron chi connectivity index (χ2n) is 5.31. The summed E-state index contributed by atoms with van der Waals surface area (Å²) >= 11 is 0. The number of hydrogen-bond acceptors (Lipinski definition) is 4. The van der Waals surface area contributed by atoms with Crippen molar-refractivity contribution in [3.8, 4) is 0 Å². The fourth-order valence-electron chi connectivity index (χ4n) is 2.75. The van der Waals surface area contributed by atoms with Crippen molar-refractivity contribution in [1.82, 2.24) is 5.16 Å². The molecule has 1 aromatic heterocycles. The molecular formula is C16H16N2O2. The maximum Gasteiger partial charge on any atom is 0.203 e. The van der Waals surface area contributed by atoms with Crippen molar-refractivity contribution >= 4 is 11.4 Å². The summed E-state index contributed by atoms with van der Waals surface area (Å²) < 4.78 is 11.3. The molecule has 1 saturated carbocycles. The third kappa shape index (κ3) is 1.88. The Balaban J connectivity index is 1.68. The molecule has 1 atom stereocenters. The number of ether oxygens (including phenoxy) is 1. The van der Waals surface area contributed by atoms with Gasteiger partial charge in [0, 0.05) is 17.7 Å². The van der Waals surface area contributed by atoms with Crippen molar-refractivity contribution in [3.05, 3.63) is 54.6 Å². The van der Waals surface area contributed by atoms with Crippen molar-refractivity contribution in [1.29, 1.82) is 0 Å². The topological polar surface area (TPSA) is 38.5 Å². The standard InChI is InChI=1S/C16H16N2O2/c1-2-7-13(8-3-1)18-11-15(14-9-10-17-20-14)19-16(18)12-5-4-6-12/h1-3,7-12,16H,4-6H2. The quantitative estimate of drug-likeness (QED) is 0.852. The molecule has 4 nitrogen and oxygen atoms in total. The molecule has 20 heavy (non-hydrogen) atoms. The molecule has 1 unspecified atom stereocenters. The van der Waals surface area contributed by atoms with Gasteiger partial charge in [-0.1, -0.05) is 29.8 Å². The highest BCUT2D eigenvalue weighted by Gasteiger charge is 2.38. The zero-order valence-corrected chi connectivity index (χ0v) is 11.1. The Morgan fingerprint density at radius 3 is 2.60 bits per heavy atom. The van der Waals surface area contributed by atoms with E-state index in [4.69, 9.17) is 9.26 Å². The Bertz CT molecular complexity index is 603. The van der Waals surface area contributed by atoms with Crippen LogP contribution in [0.1, 0.15) is 25.0 Å². The molecule has 4 rings (SSSR count). The Morgan fingerprint density at radius 2 is 1.95 bits per heavy atom. The summed E-state index contributed by atoms with van der Waals surface area (Å²) in [5.41, 5.74) is 1.15. The first-order valence-electron chi connectivity index (χ1n) is 7.05. The van der Waals surface area contributed by atoms with Crippen LogP contribution in [0.5, 0.6) is 0 Å². The maximum atomic E-state index is 6.13. The number of rotatable bonds is 3. The highest BCUT2D eigenvalue weighted by atomic mass is 16.5. The molecule has 1 aliphatic carbocycles. The summed E-state index contributed by atoms with van der Waals surface area (Å²) in [6, 6.07) is 12.2. The second kappa shape index (κ2) is 4.71. The van der Waals surface area contributed by atoms with E-state index in [-0.39, 0.29) is 6.23 Å². The Morgan fingerprint density at radius 1 is 1.10 bits per heavy atom. The van der Waals surface area contributed by atoms with Gasteiger partial charge in [0.15, 0.2) is 12.0 Å². The molecule has 0 amide bonds. The van der Waals surface area contributed by atoms with E-state index in [9.17, 15) is 0 Å². The number of benzene rings is 1. The molecule has 0 radical (unpaired) electrons. The molecule has 0 N–H and O–H groups in total. The zero-order valence-electron chi connectivity index (χ0n) is 11.1. The first-order chi connectivity index (χ1) is 9.92. The van der Waals surface area contributed by atoms with Crippen LogP contribution in [0, 0.1) is 5.92 Å². The minimum Gasteiger partial charge on any atom is -0.464 e. The lowest BCUT2D eigenvalue weighted by molar-refractivity contribution is 0.0763. The number of para-hydroxylation sites is 1. The molecule has 1 aliphatic heterocycles. The van der Waals surface area contributed by atoms with Crippen LogP contribution in [-0.4, -0.2) is 11.4 Å². The minimum absolute atomic E-state index is 0.0752. The summed E-state index contributed by atoms with van der Waals surface area (Å²) in [5.74, 6) is 2.04. The van der Waals surface area contributed by atoms with E-state index in [2.05, 4.69) is 22.2 Å². The SMILES string of the molecule is C1=C(c2ccno2)OC(C2CCC2)N1c1ccccc1. The highest BCUT2D eigenvalue weighted by Crippen LogP contribution is 2.41. The van der Waals surface area contributed by atoms with Gasteiger partial charge in [0.05, 0.1) is 12.4 Å². The van der Waals surface area contributed by atoms with Crippen LogP contribution in [0.3, 0.4) is 0 Å². The lowest BCUT2D eigenvalue weighted by atomic mass is 9.83. The molecule has 0 bridgehead atoms. The average molecular weight is 268 g/mol. The van der Waals surface area contributed by atoms with E-state index in [0.29, 0.717) is 11.7 Å². The van der Waals surface area contributed by atoms with Gasteiger partial charge in [-0.15, -0.1) is 0 Å². The van der Waals surface area contributed by atoms with E-state index in [1.807, 2.05) is 30.5 Å². The van der Waals surface area contributed by atoms with Crippen molar-refractivity contribution < 1.29 is 9.26 Å². The van der Waals surface area contributed by atoms with Gasteiger partial charge in [0.2, 0.25) is 5.76 Å². The largest absolute Gasteiger partial charge is 0.464 e. The smallest absolute Gasteiger partial charge is 0.203 e. The Labute approximate surface area is 117 Å². The fourth-order valence-corrected chi connectivity index (χ4v) is 2.75. The van der Waals surface area contributed by atoms with Gasteiger partial charge in [0.25, 0.3) is 0 Å². The molecule has 0 saturated heterocycles. The van der Waals surface area contributed by atoms with Crippen molar-refractivity contribution in [2.45, 2.75) is 25.5 Å². The summed E-state index contributed by atoms with van der Waals surface area (Å²) in [6.45, 7) is 0. The summed E-state index contributed by atoms with van der Waals surface area (Å²) in [5, 5.41) is 3.75. The Hall–Kier alpha value is -2.23. The summed E-state index contributed by atoms with van der Waals surface area (Å²) in [6.07, 6.45) is 7.50. The van der Waals surface area contributed by atoms with Crippen LogP contribution in [0.15, 0.2) is 53.3 Å². The van der Waals surface area contributed by atoms with E-state index in [0.717, 1.165) is 11.4 Å². The van der Waals surface area contributed by atoms with E-state index in [1.54, 1.807) is 6.20 Å². The molecule has 4 heteroatoms. The molecule has 2 aromatic rings. The van der Waals surface area contributed by atoms with E-state index in [1.165, 1.54) is 19.3 Å². The average Bonchev–Trinajstić information content (AvgIpc) is 3.06. The Kier molecular flexibility index (Phi) is 2.73. The zero-order chi connectivity index (χ0) is 13.4. The van der Waals surface area contributed by atoms with Crippen LogP contribution in [0.2, 0.25) is 0 Å². The van der Waals surface area contributed by atoms with Crippen LogP contribution in [0.25, 0.3) is 5.76 Å². The van der Waals surface area contributed by atoms with Gasteiger partial charge in [-0.25, -0.2) is 0 Å². The van der Waals surface area contributed by atoms with Gasteiger partial charge < -0.3 is 14.2 Å². The first-order valence-corrected chi connectivity index (χ1v) is 7.05. The molecule has 1 fully saturated rings. The van der Waals surface area contributed by atoms with Gasteiger partial charge in [-0.05, 0) is 25.0 Å². The summed E-state index contributed by atoms with van der Waals surface area (Å²) in [4.78, 5) is 2.21. The van der Waals surface area contributed by atoms with Crippen molar-refractivity contribution in [2.75, 3.05) is 4.90 Å².